The standard InChI is InChI=1S/C5H3F7N2O/c6-3(7,1(15)2(13)14)4(8,9)5(10,11)12/h(H3,13,14). The van der Waals surface area contributed by atoms with Crippen molar-refractivity contribution >= 4 is 11.6 Å². The van der Waals surface area contributed by atoms with Gasteiger partial charge in [-0.25, -0.2) is 0 Å². The number of amidine groups is 1. The van der Waals surface area contributed by atoms with Crippen molar-refractivity contribution in [2.45, 2.75) is 18.0 Å². The van der Waals surface area contributed by atoms with Crippen LogP contribution in [0.2, 0.25) is 0 Å². The fourth-order valence-electron chi connectivity index (χ4n) is 0.490. The summed E-state index contributed by atoms with van der Waals surface area (Å²) in [5.74, 6) is -17.8. The van der Waals surface area contributed by atoms with Crippen molar-refractivity contribution in [3.63, 3.8) is 0 Å². The number of carbonyl (C=O) groups excluding carboxylic acids is 1. The number of nitrogens with one attached hydrogen (secondary N) is 1. The number of carbonyl (C=O) groups is 1. The van der Waals surface area contributed by atoms with E-state index in [-0.39, 0.29) is 0 Å². The van der Waals surface area contributed by atoms with E-state index in [2.05, 4.69) is 5.73 Å². The first-order valence-corrected chi connectivity index (χ1v) is 3.07. The molecule has 3 nitrogen and oxygen atoms in total. The second kappa shape index (κ2) is 3.35. The van der Waals surface area contributed by atoms with Crippen LogP contribution in [0.25, 0.3) is 0 Å². The summed E-state index contributed by atoms with van der Waals surface area (Å²) in [6.07, 6.45) is -6.61. The van der Waals surface area contributed by atoms with Gasteiger partial charge in [-0.15, -0.1) is 0 Å². The zero-order chi connectivity index (χ0) is 12.7. The summed E-state index contributed by atoms with van der Waals surface area (Å²) in [6, 6.07) is 0. The topological polar surface area (TPSA) is 66.9 Å². The lowest BCUT2D eigenvalue weighted by atomic mass is 10.1. The van der Waals surface area contributed by atoms with Crippen molar-refractivity contribution < 1.29 is 35.5 Å². The van der Waals surface area contributed by atoms with E-state index in [4.69, 9.17) is 5.41 Å². The summed E-state index contributed by atoms with van der Waals surface area (Å²) >= 11 is 0. The Morgan fingerprint density at radius 2 is 1.33 bits per heavy atom. The summed E-state index contributed by atoms with van der Waals surface area (Å²) in [7, 11) is 0. The molecule has 0 bridgehead atoms. The van der Waals surface area contributed by atoms with Crippen molar-refractivity contribution in [2.75, 3.05) is 0 Å². The summed E-state index contributed by atoms with van der Waals surface area (Å²) in [5.41, 5.74) is 4.12. The Bertz CT molecular complexity index is 294. The molecule has 0 fully saturated rings. The Morgan fingerprint density at radius 3 is 1.53 bits per heavy atom. The molecule has 0 radical (unpaired) electrons. The lowest BCUT2D eigenvalue weighted by molar-refractivity contribution is -0.342. The highest BCUT2D eigenvalue weighted by molar-refractivity contribution is 6.39. The van der Waals surface area contributed by atoms with E-state index < -0.39 is 29.6 Å². The highest BCUT2D eigenvalue weighted by Gasteiger charge is 2.76. The molecular formula is C5H3F7N2O. The predicted molar refractivity (Wildman–Crippen MR) is 32.9 cm³/mol. The Labute approximate surface area is 77.5 Å². The molecule has 10 heteroatoms. The normalized spacial score (nSPS) is 13.8. The van der Waals surface area contributed by atoms with Crippen molar-refractivity contribution in [1.82, 2.24) is 0 Å². The fourth-order valence-corrected chi connectivity index (χ4v) is 0.490. The van der Waals surface area contributed by atoms with Crippen LogP contribution in [0.5, 0.6) is 0 Å². The van der Waals surface area contributed by atoms with Crippen molar-refractivity contribution in [1.29, 1.82) is 5.41 Å². The summed E-state index contributed by atoms with van der Waals surface area (Å²) in [5, 5.41) is 6.09. The quantitative estimate of drug-likeness (QED) is 0.444. The number of nitrogens with two attached hydrogens (primary N) is 1. The van der Waals surface area contributed by atoms with E-state index in [1.54, 1.807) is 0 Å². The van der Waals surface area contributed by atoms with E-state index in [1.165, 1.54) is 0 Å². The van der Waals surface area contributed by atoms with Crippen LogP contribution in [-0.2, 0) is 4.79 Å². The summed E-state index contributed by atoms with van der Waals surface area (Å²) < 4.78 is 83.1. The molecule has 0 atom stereocenters. The van der Waals surface area contributed by atoms with Gasteiger partial charge < -0.3 is 5.73 Å². The van der Waals surface area contributed by atoms with Gasteiger partial charge in [-0.05, 0) is 0 Å². The van der Waals surface area contributed by atoms with E-state index >= 15 is 0 Å². The minimum Gasteiger partial charge on any atom is -0.381 e. The van der Waals surface area contributed by atoms with E-state index in [0.29, 0.717) is 0 Å². The first kappa shape index (κ1) is 13.7. The monoisotopic (exact) mass is 240 g/mol. The molecule has 0 spiro atoms. The van der Waals surface area contributed by atoms with Crippen LogP contribution in [0.15, 0.2) is 0 Å². The first-order valence-electron chi connectivity index (χ1n) is 3.07. The molecule has 0 aliphatic heterocycles. The minimum absolute atomic E-state index is 2.08. The second-order valence-electron chi connectivity index (χ2n) is 2.39. The molecule has 0 aliphatic carbocycles. The molecule has 88 valence electrons. The van der Waals surface area contributed by atoms with Crippen molar-refractivity contribution in [2.24, 2.45) is 5.73 Å². The number of hydrogen-bond donors (Lipinski definition) is 2. The third-order valence-corrected chi connectivity index (χ3v) is 1.28. The van der Waals surface area contributed by atoms with Crippen LogP contribution < -0.4 is 5.73 Å². The Balaban J connectivity index is 5.38. The highest BCUT2D eigenvalue weighted by atomic mass is 19.4. The van der Waals surface area contributed by atoms with Gasteiger partial charge in [0.1, 0.15) is 0 Å². The van der Waals surface area contributed by atoms with Gasteiger partial charge >= 0.3 is 18.0 Å². The first-order chi connectivity index (χ1) is 6.35. The minimum atomic E-state index is -6.61. The average molecular weight is 240 g/mol. The van der Waals surface area contributed by atoms with E-state index in [0.717, 1.165) is 0 Å². The van der Waals surface area contributed by atoms with Crippen molar-refractivity contribution in [3.05, 3.63) is 0 Å². The largest absolute Gasteiger partial charge is 0.460 e. The molecular weight excluding hydrogens is 237 g/mol. The number of alkyl halides is 7. The maximum atomic E-state index is 12.3. The number of hydrogen-bond acceptors (Lipinski definition) is 2. The van der Waals surface area contributed by atoms with Gasteiger partial charge in [-0.2, -0.15) is 30.7 Å². The van der Waals surface area contributed by atoms with E-state index in [1.807, 2.05) is 0 Å². The van der Waals surface area contributed by atoms with E-state index in [9.17, 15) is 35.5 Å². The van der Waals surface area contributed by atoms with Crippen LogP contribution in [0.4, 0.5) is 30.7 Å². The summed E-state index contributed by atoms with van der Waals surface area (Å²) in [4.78, 5) is 10.2. The lowest BCUT2D eigenvalue weighted by Gasteiger charge is -2.26. The van der Waals surface area contributed by atoms with Gasteiger partial charge in [0.05, 0.1) is 0 Å². The molecule has 0 saturated heterocycles. The third-order valence-electron chi connectivity index (χ3n) is 1.28. The molecule has 0 aliphatic rings. The van der Waals surface area contributed by atoms with Crippen LogP contribution in [-0.4, -0.2) is 29.6 Å². The van der Waals surface area contributed by atoms with Crippen LogP contribution >= 0.6 is 0 Å². The Morgan fingerprint density at radius 1 is 1.00 bits per heavy atom. The van der Waals surface area contributed by atoms with Gasteiger partial charge in [0, 0.05) is 0 Å². The Kier molecular flexibility index (Phi) is 3.05. The molecule has 3 N–H and O–H groups in total. The zero-order valence-electron chi connectivity index (χ0n) is 6.63. The zero-order valence-corrected chi connectivity index (χ0v) is 6.63. The SMILES string of the molecule is N=C(N)C(=O)C(F)(F)C(F)(F)C(F)(F)F. The highest BCUT2D eigenvalue weighted by Crippen LogP contribution is 2.46. The fraction of sp³-hybridized carbons (Fsp3) is 0.600. The molecule has 0 aromatic heterocycles. The average Bonchev–Trinajstić information content (AvgIpc) is 2.00. The number of rotatable bonds is 3. The second-order valence-corrected chi connectivity index (χ2v) is 2.39. The number of Topliss-reactive ketones (excluding diaryl/α,β-unsaturated/α-hetero) is 1. The molecule has 0 heterocycles. The van der Waals surface area contributed by atoms with Crippen LogP contribution in [0, 0.1) is 5.41 Å². The molecule has 0 unspecified atom stereocenters. The van der Waals surface area contributed by atoms with Gasteiger partial charge in [0.2, 0.25) is 0 Å². The van der Waals surface area contributed by atoms with Gasteiger partial charge in [-0.3, -0.25) is 10.2 Å². The van der Waals surface area contributed by atoms with Gasteiger partial charge in [0.25, 0.3) is 5.78 Å². The molecule has 0 saturated carbocycles. The number of ketones is 1. The molecule has 0 aromatic rings. The molecule has 0 rings (SSSR count). The molecule has 0 aromatic carbocycles. The maximum absolute atomic E-state index is 12.3. The third kappa shape index (κ3) is 2.02. The maximum Gasteiger partial charge on any atom is 0.460 e. The van der Waals surface area contributed by atoms with Crippen LogP contribution in [0.3, 0.4) is 0 Å². The van der Waals surface area contributed by atoms with Crippen LogP contribution in [0.1, 0.15) is 0 Å². The number of halogens is 7. The molecule has 0 amide bonds. The summed E-state index contributed by atoms with van der Waals surface area (Å²) in [6.45, 7) is 0. The van der Waals surface area contributed by atoms with Gasteiger partial charge in [-0.1, -0.05) is 0 Å². The Hall–Kier alpha value is -1.35. The molecule has 15 heavy (non-hydrogen) atoms. The van der Waals surface area contributed by atoms with Crippen molar-refractivity contribution in [3.8, 4) is 0 Å². The smallest absolute Gasteiger partial charge is 0.381 e. The predicted octanol–water partition coefficient (Wildman–Crippen LogP) is 1.32. The van der Waals surface area contributed by atoms with Gasteiger partial charge in [0.15, 0.2) is 5.84 Å². The lowest BCUT2D eigenvalue weighted by Crippen LogP contribution is -2.58.